The van der Waals surface area contributed by atoms with E-state index in [-0.39, 0.29) is 129 Å². The Morgan fingerprint density at radius 3 is 1.07 bits per heavy atom. The lowest BCUT2D eigenvalue weighted by molar-refractivity contribution is -0.142. The van der Waals surface area contributed by atoms with Crippen molar-refractivity contribution in [3.63, 3.8) is 0 Å². The zero-order valence-corrected chi connectivity index (χ0v) is 55.3. The van der Waals surface area contributed by atoms with Gasteiger partial charge < -0.3 is 107 Å². The molecule has 34 nitrogen and oxygen atoms in total. The van der Waals surface area contributed by atoms with Crippen LogP contribution in [0.5, 0.6) is 0 Å². The second kappa shape index (κ2) is 43.1. The van der Waals surface area contributed by atoms with Gasteiger partial charge in [-0.05, 0) is 167 Å². The van der Waals surface area contributed by atoms with Crippen LogP contribution >= 0.6 is 0 Å². The third kappa shape index (κ3) is 26.8. The first kappa shape index (κ1) is 78.5. The molecule has 96 heavy (non-hydrogen) atoms. The Hall–Kier alpha value is -8.18. The number of unbranched alkanes of at least 4 members (excludes halogenated alkanes) is 6. The normalized spacial score (nSPS) is 23.2. The predicted octanol–water partition coefficient (Wildman–Crippen LogP) is -5.20. The predicted molar refractivity (Wildman–Crippen MR) is 353 cm³/mol. The van der Waals surface area contributed by atoms with Gasteiger partial charge in [0, 0.05) is 62.8 Å². The second-order valence-corrected chi connectivity index (χ2v) is 24.8. The highest BCUT2D eigenvalue weighted by Gasteiger charge is 2.41. The summed E-state index contributed by atoms with van der Waals surface area (Å²) in [6, 6.07) is -11.6. The van der Waals surface area contributed by atoms with Crippen molar-refractivity contribution in [1.29, 1.82) is 0 Å². The maximum atomic E-state index is 14.7. The Kier molecular flexibility index (Phi) is 35.2. The van der Waals surface area contributed by atoms with Gasteiger partial charge in [0.15, 0.2) is 0 Å². The highest BCUT2D eigenvalue weighted by molar-refractivity contribution is 5.99. The molecule has 3 aliphatic rings. The van der Waals surface area contributed by atoms with Crippen LogP contribution in [-0.4, -0.2) is 226 Å². The zero-order chi connectivity index (χ0) is 69.8. The summed E-state index contributed by atoms with van der Waals surface area (Å²) in [6.07, 6.45) is 12.4. The first-order valence-electron chi connectivity index (χ1n) is 34.1. The molecule has 0 radical (unpaired) electrons. The molecular formula is C62H106N22O12. The second-order valence-electron chi connectivity index (χ2n) is 24.8. The van der Waals surface area contributed by atoms with Crippen LogP contribution in [0.2, 0.25) is 0 Å². The molecule has 12 amide bonds. The fraction of sp³-hybridized carbons (Fsp3) is 0.710. The Morgan fingerprint density at radius 1 is 0.438 bits per heavy atom. The standard InChI is InChI=1S/C62H106N22O12/c63-23-7-1-15-43-55(89)79-45(17-5-11-27-71-53(87)41(67)31-39-33-69-37-75-39)57(91)81-47(19-3-9-25-65)61(95)84-30-14-22-50(84)60(94)74-36-52(86)78-44(16-2-8-24-64)56(90)80-46(18-6-12-28-72-54(88)42(68)32-40-34-70-38-76-40)58(92)82-48(20-4-10-26-66)62(96)83-29-13-21-49(83)59(93)73-35-51(85)77-43/h33-34,37-38,41-50H,1-32,35-36,63-68H2,(H,69,75)(H,70,76)(H,71,87)(H,72,88)(H,73,93)(H,74,94)(H,77,85)(H,78,86)(H,79,89)(H,80,90)(H,81,91)(H,82,92)/t41-,42-,43-,44-,45-,46-,47-,48-,49-,50-/m0/s1. The number of nitrogens with one attached hydrogen (secondary N) is 12. The van der Waals surface area contributed by atoms with E-state index in [0.717, 1.165) is 0 Å². The molecule has 0 spiro atoms. The topological polar surface area (TPSA) is 545 Å². The average Bonchev–Trinajstić information content (AvgIpc) is 1.66. The van der Waals surface area contributed by atoms with Crippen molar-refractivity contribution in [1.82, 2.24) is 82.9 Å². The van der Waals surface area contributed by atoms with Crippen LogP contribution in [0, 0.1) is 0 Å². The summed E-state index contributed by atoms with van der Waals surface area (Å²) in [5.41, 5.74) is 37.0. The maximum Gasteiger partial charge on any atom is 0.245 e. The Morgan fingerprint density at radius 2 is 0.750 bits per heavy atom. The quantitative estimate of drug-likeness (QED) is 0.0305. The number of aromatic nitrogens is 4. The van der Waals surface area contributed by atoms with Crippen LogP contribution in [0.1, 0.15) is 153 Å². The summed E-state index contributed by atoms with van der Waals surface area (Å²) in [6.45, 7) is 0.338. The van der Waals surface area contributed by atoms with Gasteiger partial charge in [0.25, 0.3) is 0 Å². The zero-order valence-electron chi connectivity index (χ0n) is 55.3. The van der Waals surface area contributed by atoms with Crippen LogP contribution in [-0.2, 0) is 70.4 Å². The summed E-state index contributed by atoms with van der Waals surface area (Å²) in [7, 11) is 0. The third-order valence-corrected chi connectivity index (χ3v) is 17.2. The van der Waals surface area contributed by atoms with Crippen molar-refractivity contribution in [2.45, 2.75) is 215 Å². The molecule has 3 aliphatic heterocycles. The molecule has 24 N–H and O–H groups in total. The molecule has 34 heteroatoms. The minimum absolute atomic E-state index is 0.00862. The molecule has 3 fully saturated rings. The Bertz CT molecular complexity index is 2610. The Labute approximate surface area is 560 Å². The van der Waals surface area contributed by atoms with Crippen LogP contribution in [0.25, 0.3) is 0 Å². The van der Waals surface area contributed by atoms with Crippen molar-refractivity contribution in [2.75, 3.05) is 65.4 Å². The molecule has 10 atom stereocenters. The van der Waals surface area contributed by atoms with Crippen molar-refractivity contribution in [2.24, 2.45) is 34.4 Å². The van der Waals surface area contributed by atoms with Crippen LogP contribution in [0.3, 0.4) is 0 Å². The molecule has 5 heterocycles. The fourth-order valence-corrected chi connectivity index (χ4v) is 11.8. The number of hydrogen-bond acceptors (Lipinski definition) is 20. The average molecular weight is 1350 g/mol. The summed E-state index contributed by atoms with van der Waals surface area (Å²) in [4.78, 5) is 186. The molecule has 3 saturated heterocycles. The van der Waals surface area contributed by atoms with Crippen molar-refractivity contribution in [3.8, 4) is 0 Å². The number of aromatic amines is 2. The first-order valence-corrected chi connectivity index (χ1v) is 34.1. The lowest BCUT2D eigenvalue weighted by Crippen LogP contribution is -2.59. The summed E-state index contributed by atoms with van der Waals surface area (Å²) < 4.78 is 0. The molecule has 2 aromatic rings. The van der Waals surface area contributed by atoms with Gasteiger partial charge >= 0.3 is 0 Å². The number of fused-ring (bicyclic) bond motifs is 2. The molecule has 0 unspecified atom stereocenters. The number of carbonyl (C=O) groups excluding carboxylic acids is 12. The number of amides is 12. The largest absolute Gasteiger partial charge is 0.355 e. The molecule has 0 aromatic carbocycles. The van der Waals surface area contributed by atoms with E-state index in [9.17, 15) is 57.5 Å². The van der Waals surface area contributed by atoms with E-state index in [1.165, 1.54) is 22.5 Å². The first-order chi connectivity index (χ1) is 46.3. The minimum Gasteiger partial charge on any atom is -0.355 e. The highest BCUT2D eigenvalue weighted by atomic mass is 16.2. The third-order valence-electron chi connectivity index (χ3n) is 17.2. The molecule has 2 aromatic heterocycles. The van der Waals surface area contributed by atoms with E-state index in [4.69, 9.17) is 34.4 Å². The molecule has 536 valence electrons. The SMILES string of the molecule is NCCCC[C@@H]1NC(=O)CNC(=O)[C@@H]2CCCN2C(=O)[C@H](CCCCN)NC(=O)[C@H](CCCCNC(=O)[C@@H](N)Cc2cnc[nH]2)NC(=O)[C@H](CCCCN)NC(=O)CNC(=O)[C@@H]2CCCN2C(=O)[C@H](CCCCN)NC(=O)[C@H](CCCCNC(=O)[C@@H](N)Cc2cnc[nH]2)NC1=O. The van der Waals surface area contributed by atoms with E-state index < -0.39 is 144 Å². The smallest absolute Gasteiger partial charge is 0.245 e. The molecular weight excluding hydrogens is 1240 g/mol. The lowest BCUT2D eigenvalue weighted by Gasteiger charge is -2.31. The van der Waals surface area contributed by atoms with Gasteiger partial charge in [-0.25, -0.2) is 9.97 Å². The summed E-state index contributed by atoms with van der Waals surface area (Å²) in [5.74, 6) is -8.01. The van der Waals surface area contributed by atoms with E-state index in [1.807, 2.05) is 0 Å². The number of imidazole rings is 2. The summed E-state index contributed by atoms with van der Waals surface area (Å²) >= 11 is 0. The van der Waals surface area contributed by atoms with E-state index in [0.29, 0.717) is 88.4 Å². The molecule has 0 aliphatic carbocycles. The maximum absolute atomic E-state index is 14.7. The van der Waals surface area contributed by atoms with Gasteiger partial charge in [0.2, 0.25) is 70.9 Å². The van der Waals surface area contributed by atoms with Crippen molar-refractivity contribution in [3.05, 3.63) is 36.4 Å². The number of nitrogens with zero attached hydrogens (tertiary/aromatic N) is 4. The monoisotopic (exact) mass is 1350 g/mol. The van der Waals surface area contributed by atoms with Gasteiger partial charge in [-0.15, -0.1) is 0 Å². The van der Waals surface area contributed by atoms with Crippen LogP contribution in [0.15, 0.2) is 25.0 Å². The van der Waals surface area contributed by atoms with Gasteiger partial charge in [-0.3, -0.25) is 57.5 Å². The van der Waals surface area contributed by atoms with Gasteiger partial charge in [-0.1, -0.05) is 0 Å². The van der Waals surface area contributed by atoms with Crippen molar-refractivity contribution < 1.29 is 57.5 Å². The van der Waals surface area contributed by atoms with Crippen LogP contribution < -0.4 is 87.6 Å². The van der Waals surface area contributed by atoms with Gasteiger partial charge in [-0.2, -0.15) is 0 Å². The molecule has 5 rings (SSSR count). The Balaban J connectivity index is 1.45. The highest BCUT2D eigenvalue weighted by Crippen LogP contribution is 2.23. The lowest BCUT2D eigenvalue weighted by atomic mass is 10.0. The van der Waals surface area contributed by atoms with E-state index in [1.54, 1.807) is 12.4 Å². The van der Waals surface area contributed by atoms with Crippen LogP contribution in [0.4, 0.5) is 0 Å². The van der Waals surface area contributed by atoms with E-state index in [2.05, 4.69) is 73.1 Å². The fourth-order valence-electron chi connectivity index (χ4n) is 11.8. The summed E-state index contributed by atoms with van der Waals surface area (Å²) in [5, 5.41) is 27.4. The van der Waals surface area contributed by atoms with E-state index >= 15 is 0 Å². The molecule has 0 saturated carbocycles. The van der Waals surface area contributed by atoms with Gasteiger partial charge in [0.1, 0.15) is 48.3 Å². The number of rotatable bonds is 32. The number of carbonyl (C=O) groups is 12. The van der Waals surface area contributed by atoms with Gasteiger partial charge in [0.05, 0.1) is 37.8 Å². The number of H-pyrrole nitrogens is 2. The number of nitrogens with two attached hydrogens (primary N) is 6. The van der Waals surface area contributed by atoms with Crippen molar-refractivity contribution >= 4 is 70.9 Å². The molecule has 0 bridgehead atoms. The minimum atomic E-state index is -1.32. The number of hydrogen-bond donors (Lipinski definition) is 18.